The smallest absolute Gasteiger partial charge is 0.335 e. The van der Waals surface area contributed by atoms with Gasteiger partial charge in [-0.25, -0.2) is 9.78 Å². The zero-order chi connectivity index (χ0) is 16.8. The van der Waals surface area contributed by atoms with Gasteiger partial charge in [0.25, 0.3) is 0 Å². The highest BCUT2D eigenvalue weighted by molar-refractivity contribution is 7.98. The van der Waals surface area contributed by atoms with Gasteiger partial charge in [0.15, 0.2) is 5.82 Å². The van der Waals surface area contributed by atoms with E-state index in [1.54, 1.807) is 18.2 Å². The number of nitrogens with one attached hydrogen (secondary N) is 1. The van der Waals surface area contributed by atoms with Crippen LogP contribution in [0, 0.1) is 0 Å². The van der Waals surface area contributed by atoms with Crippen molar-refractivity contribution in [1.29, 1.82) is 0 Å². The van der Waals surface area contributed by atoms with E-state index >= 15 is 0 Å². The van der Waals surface area contributed by atoms with Gasteiger partial charge in [0.1, 0.15) is 12.4 Å². The van der Waals surface area contributed by atoms with E-state index in [4.69, 9.17) is 9.84 Å². The molecule has 0 amide bonds. The summed E-state index contributed by atoms with van der Waals surface area (Å²) in [5.41, 5.74) is 1.19. The largest absolute Gasteiger partial charge is 0.486 e. The summed E-state index contributed by atoms with van der Waals surface area (Å²) in [7, 11) is 0. The molecule has 6 nitrogen and oxygen atoms in total. The van der Waals surface area contributed by atoms with Crippen molar-refractivity contribution in [1.82, 2.24) is 15.2 Å². The fourth-order valence-electron chi connectivity index (χ4n) is 2.02. The monoisotopic (exact) mass is 341 g/mol. The quantitative estimate of drug-likeness (QED) is 0.641. The van der Waals surface area contributed by atoms with E-state index in [0.717, 1.165) is 11.3 Å². The maximum absolute atomic E-state index is 11.0. The van der Waals surface area contributed by atoms with E-state index in [1.165, 1.54) is 11.8 Å². The molecular formula is C17H15N3O3S. The van der Waals surface area contributed by atoms with Gasteiger partial charge in [0.2, 0.25) is 5.16 Å². The van der Waals surface area contributed by atoms with Gasteiger partial charge in [-0.1, -0.05) is 42.1 Å². The number of thioether (sulfide) groups is 1. The molecule has 2 N–H and O–H groups in total. The molecule has 2 aromatic carbocycles. The normalized spacial score (nSPS) is 10.5. The second-order valence-corrected chi connectivity index (χ2v) is 5.90. The van der Waals surface area contributed by atoms with E-state index in [0.29, 0.717) is 23.3 Å². The van der Waals surface area contributed by atoms with Crippen LogP contribution in [-0.2, 0) is 12.4 Å². The van der Waals surface area contributed by atoms with Gasteiger partial charge in [0, 0.05) is 5.75 Å². The number of carboxylic acids is 1. The number of H-pyrrole nitrogens is 1. The molecule has 0 saturated carbocycles. The summed E-state index contributed by atoms with van der Waals surface area (Å²) in [6.07, 6.45) is 0. The lowest BCUT2D eigenvalue weighted by molar-refractivity contribution is 0.0697. The summed E-state index contributed by atoms with van der Waals surface area (Å²) in [5.74, 6) is 1.08. The van der Waals surface area contributed by atoms with Crippen LogP contribution in [0.15, 0.2) is 59.8 Å². The van der Waals surface area contributed by atoms with E-state index in [-0.39, 0.29) is 5.56 Å². The number of ether oxygens (including phenoxy) is 1. The third-order valence-electron chi connectivity index (χ3n) is 3.17. The first kappa shape index (κ1) is 16.1. The number of para-hydroxylation sites is 1. The standard InChI is InChI=1S/C17H15N3O3S/c21-16(22)13-6-4-5-12(9-13)11-24-17-18-15(19-20-17)10-23-14-7-2-1-3-8-14/h1-9H,10-11H2,(H,21,22)(H,18,19,20). The molecule has 0 atom stereocenters. The zero-order valence-corrected chi connectivity index (χ0v) is 13.5. The number of aromatic nitrogens is 3. The van der Waals surface area contributed by atoms with E-state index < -0.39 is 5.97 Å². The van der Waals surface area contributed by atoms with Crippen molar-refractivity contribution in [3.05, 3.63) is 71.5 Å². The molecule has 0 unspecified atom stereocenters. The van der Waals surface area contributed by atoms with Crippen LogP contribution in [0.4, 0.5) is 0 Å². The minimum Gasteiger partial charge on any atom is -0.486 e. The molecule has 122 valence electrons. The Balaban J connectivity index is 1.54. The molecular weight excluding hydrogens is 326 g/mol. The van der Waals surface area contributed by atoms with Crippen LogP contribution < -0.4 is 4.74 Å². The Morgan fingerprint density at radius 1 is 1.17 bits per heavy atom. The summed E-state index contributed by atoms with van der Waals surface area (Å²) in [4.78, 5) is 15.3. The number of aromatic amines is 1. The molecule has 3 aromatic rings. The van der Waals surface area contributed by atoms with Gasteiger partial charge < -0.3 is 9.84 Å². The van der Waals surface area contributed by atoms with E-state index in [9.17, 15) is 4.79 Å². The minimum absolute atomic E-state index is 0.278. The lowest BCUT2D eigenvalue weighted by Gasteiger charge is -2.02. The lowest BCUT2D eigenvalue weighted by atomic mass is 10.1. The van der Waals surface area contributed by atoms with Crippen LogP contribution in [0.1, 0.15) is 21.7 Å². The van der Waals surface area contributed by atoms with Crippen LogP contribution in [0.5, 0.6) is 5.75 Å². The van der Waals surface area contributed by atoms with Crippen molar-refractivity contribution in [2.45, 2.75) is 17.5 Å². The van der Waals surface area contributed by atoms with E-state index in [1.807, 2.05) is 36.4 Å². The Labute approximate surface area is 142 Å². The fraction of sp³-hybridized carbons (Fsp3) is 0.118. The first-order chi connectivity index (χ1) is 11.7. The molecule has 0 radical (unpaired) electrons. The zero-order valence-electron chi connectivity index (χ0n) is 12.7. The van der Waals surface area contributed by atoms with Gasteiger partial charge in [0.05, 0.1) is 5.56 Å². The Kier molecular flexibility index (Phi) is 5.12. The number of hydrogen-bond acceptors (Lipinski definition) is 5. The molecule has 0 aliphatic rings. The van der Waals surface area contributed by atoms with Crippen molar-refractivity contribution in [3.8, 4) is 5.75 Å². The number of hydrogen-bond donors (Lipinski definition) is 2. The maximum Gasteiger partial charge on any atom is 0.335 e. The second kappa shape index (κ2) is 7.65. The average molecular weight is 341 g/mol. The molecule has 7 heteroatoms. The summed E-state index contributed by atoms with van der Waals surface area (Å²) >= 11 is 1.43. The Morgan fingerprint density at radius 2 is 2.00 bits per heavy atom. The van der Waals surface area contributed by atoms with Crippen LogP contribution >= 0.6 is 11.8 Å². The second-order valence-electron chi connectivity index (χ2n) is 4.96. The van der Waals surface area contributed by atoms with Crippen molar-refractivity contribution in [3.63, 3.8) is 0 Å². The molecule has 0 fully saturated rings. The first-order valence-electron chi connectivity index (χ1n) is 7.25. The third kappa shape index (κ3) is 4.36. The molecule has 0 bridgehead atoms. The molecule has 24 heavy (non-hydrogen) atoms. The molecule has 3 rings (SSSR count). The topological polar surface area (TPSA) is 88.1 Å². The predicted octanol–water partition coefficient (Wildman–Crippen LogP) is 3.37. The Hall–Kier alpha value is -2.80. The molecule has 1 heterocycles. The molecule has 1 aromatic heterocycles. The van der Waals surface area contributed by atoms with Crippen LogP contribution in [0.2, 0.25) is 0 Å². The highest BCUT2D eigenvalue weighted by Gasteiger charge is 2.07. The van der Waals surface area contributed by atoms with Crippen molar-refractivity contribution in [2.75, 3.05) is 0 Å². The van der Waals surface area contributed by atoms with Crippen LogP contribution in [-0.4, -0.2) is 26.3 Å². The third-order valence-corrected chi connectivity index (χ3v) is 4.09. The van der Waals surface area contributed by atoms with Crippen LogP contribution in [0.25, 0.3) is 0 Å². The van der Waals surface area contributed by atoms with Crippen molar-refractivity contribution >= 4 is 17.7 Å². The van der Waals surface area contributed by atoms with Gasteiger partial charge in [-0.15, -0.1) is 5.10 Å². The summed E-state index contributed by atoms with van der Waals surface area (Å²) < 4.78 is 5.60. The molecule has 0 saturated heterocycles. The highest BCUT2D eigenvalue weighted by Crippen LogP contribution is 2.20. The molecule has 0 aliphatic carbocycles. The number of aromatic carboxylic acids is 1. The van der Waals surface area contributed by atoms with Gasteiger partial charge >= 0.3 is 5.97 Å². The lowest BCUT2D eigenvalue weighted by Crippen LogP contribution is -1.97. The number of benzene rings is 2. The molecule has 0 aliphatic heterocycles. The number of nitrogens with zero attached hydrogens (tertiary/aromatic N) is 2. The van der Waals surface area contributed by atoms with Crippen molar-refractivity contribution in [2.24, 2.45) is 0 Å². The summed E-state index contributed by atoms with van der Waals surface area (Å²) in [6, 6.07) is 16.3. The fourth-order valence-corrected chi connectivity index (χ4v) is 2.78. The summed E-state index contributed by atoms with van der Waals surface area (Å²) in [5, 5.41) is 16.6. The number of carboxylic acid groups (broad SMARTS) is 1. The number of rotatable bonds is 7. The van der Waals surface area contributed by atoms with E-state index in [2.05, 4.69) is 15.2 Å². The van der Waals surface area contributed by atoms with Crippen molar-refractivity contribution < 1.29 is 14.6 Å². The highest BCUT2D eigenvalue weighted by atomic mass is 32.2. The van der Waals surface area contributed by atoms with Gasteiger partial charge in [-0.05, 0) is 29.8 Å². The number of carbonyl (C=O) groups is 1. The Morgan fingerprint density at radius 3 is 2.79 bits per heavy atom. The SMILES string of the molecule is O=C(O)c1cccc(CSc2n[nH]c(COc3ccccc3)n2)c1. The summed E-state index contributed by atoms with van der Waals surface area (Å²) in [6.45, 7) is 0.312. The average Bonchev–Trinajstić information content (AvgIpc) is 3.07. The minimum atomic E-state index is -0.930. The first-order valence-corrected chi connectivity index (χ1v) is 8.23. The van der Waals surface area contributed by atoms with Gasteiger partial charge in [-0.2, -0.15) is 0 Å². The van der Waals surface area contributed by atoms with Crippen LogP contribution in [0.3, 0.4) is 0 Å². The van der Waals surface area contributed by atoms with Gasteiger partial charge in [-0.3, -0.25) is 5.10 Å². The molecule has 0 spiro atoms. The Bertz CT molecular complexity index is 821. The predicted molar refractivity (Wildman–Crippen MR) is 90.1 cm³/mol. The maximum atomic E-state index is 11.0.